The zero-order valence-corrected chi connectivity index (χ0v) is 12.1. The van der Waals surface area contributed by atoms with Crippen LogP contribution < -0.4 is 15.4 Å². The molecule has 0 unspecified atom stereocenters. The highest BCUT2D eigenvalue weighted by molar-refractivity contribution is 6.31. The second-order valence-corrected chi connectivity index (χ2v) is 5.09. The van der Waals surface area contributed by atoms with Gasteiger partial charge in [-0.2, -0.15) is 0 Å². The molecule has 0 aliphatic carbocycles. The van der Waals surface area contributed by atoms with E-state index in [2.05, 4.69) is 20.6 Å². The average Bonchev–Trinajstić information content (AvgIpc) is 2.48. The summed E-state index contributed by atoms with van der Waals surface area (Å²) in [5.74, 6) is 0.266. The number of aryl methyl sites for hydroxylation is 1. The number of ether oxygens (including phenoxy) is 1. The Balaban J connectivity index is 1.72. The molecule has 0 saturated heterocycles. The summed E-state index contributed by atoms with van der Waals surface area (Å²) in [6.07, 6.45) is 3.42. The first-order valence-corrected chi connectivity index (χ1v) is 6.77. The predicted octanol–water partition coefficient (Wildman–Crippen LogP) is 2.38. The Bertz CT molecular complexity index is 705. The van der Waals surface area contributed by atoms with Crippen LogP contribution in [-0.4, -0.2) is 22.5 Å². The van der Waals surface area contributed by atoms with E-state index in [0.29, 0.717) is 23.1 Å². The smallest absolute Gasteiger partial charge is 0.262 e. The van der Waals surface area contributed by atoms with Crippen molar-refractivity contribution in [2.45, 2.75) is 13.5 Å². The van der Waals surface area contributed by atoms with E-state index in [1.165, 1.54) is 0 Å². The van der Waals surface area contributed by atoms with Gasteiger partial charge in [0.25, 0.3) is 5.91 Å². The number of halogens is 1. The number of nitrogens with zero attached hydrogens (tertiary/aromatic N) is 2. The van der Waals surface area contributed by atoms with E-state index in [0.717, 1.165) is 16.9 Å². The van der Waals surface area contributed by atoms with Crippen LogP contribution in [0.25, 0.3) is 0 Å². The summed E-state index contributed by atoms with van der Waals surface area (Å²) in [6, 6.07) is 3.65. The van der Waals surface area contributed by atoms with Crippen LogP contribution in [0.5, 0.6) is 5.88 Å². The number of anilines is 2. The first-order chi connectivity index (χ1) is 10.1. The molecule has 2 aromatic rings. The van der Waals surface area contributed by atoms with Gasteiger partial charge in [0.2, 0.25) is 5.88 Å². The third-order valence-corrected chi connectivity index (χ3v) is 3.43. The molecule has 6 nitrogen and oxygen atoms in total. The van der Waals surface area contributed by atoms with Crippen LogP contribution in [0.4, 0.5) is 11.4 Å². The summed E-state index contributed by atoms with van der Waals surface area (Å²) < 4.78 is 5.21. The summed E-state index contributed by atoms with van der Waals surface area (Å²) in [5, 5.41) is 6.55. The highest BCUT2D eigenvalue weighted by Gasteiger charge is 2.17. The van der Waals surface area contributed by atoms with Crippen LogP contribution in [-0.2, 0) is 11.3 Å². The largest absolute Gasteiger partial charge is 0.466 e. The number of hydrogen-bond acceptors (Lipinski definition) is 5. The van der Waals surface area contributed by atoms with Crippen molar-refractivity contribution in [1.82, 2.24) is 9.97 Å². The van der Waals surface area contributed by atoms with E-state index in [4.69, 9.17) is 16.3 Å². The quantitative estimate of drug-likeness (QED) is 0.910. The van der Waals surface area contributed by atoms with Crippen molar-refractivity contribution in [3.8, 4) is 5.88 Å². The lowest BCUT2D eigenvalue weighted by Gasteiger charge is -2.17. The standard InChI is InChI=1S/C14H13ClN4O2/c1-8-11(15)3-10(6-16-8)17-4-9-2-12-14(18-5-9)21-7-13(20)19-12/h2-3,5-6,17H,4,7H2,1H3,(H,19,20). The highest BCUT2D eigenvalue weighted by Crippen LogP contribution is 2.26. The number of rotatable bonds is 3. The summed E-state index contributed by atoms with van der Waals surface area (Å²) in [5.41, 5.74) is 3.11. The zero-order valence-electron chi connectivity index (χ0n) is 11.3. The first-order valence-electron chi connectivity index (χ1n) is 6.39. The second-order valence-electron chi connectivity index (χ2n) is 4.68. The van der Waals surface area contributed by atoms with Gasteiger partial charge in [0.05, 0.1) is 22.6 Å². The molecular weight excluding hydrogens is 292 g/mol. The second kappa shape index (κ2) is 5.57. The molecule has 7 heteroatoms. The van der Waals surface area contributed by atoms with Crippen LogP contribution in [0.2, 0.25) is 5.02 Å². The van der Waals surface area contributed by atoms with Gasteiger partial charge in [-0.05, 0) is 24.6 Å². The molecule has 2 aromatic heterocycles. The van der Waals surface area contributed by atoms with E-state index in [1.54, 1.807) is 12.4 Å². The lowest BCUT2D eigenvalue weighted by Crippen LogP contribution is -2.26. The molecule has 1 aliphatic heterocycles. The van der Waals surface area contributed by atoms with Gasteiger partial charge in [0, 0.05) is 12.7 Å². The van der Waals surface area contributed by atoms with Crippen LogP contribution in [0.1, 0.15) is 11.3 Å². The maximum absolute atomic E-state index is 11.3. The van der Waals surface area contributed by atoms with Crippen molar-refractivity contribution in [2.24, 2.45) is 0 Å². The first kappa shape index (κ1) is 13.6. The number of hydrogen-bond donors (Lipinski definition) is 2. The van der Waals surface area contributed by atoms with Crippen molar-refractivity contribution >= 4 is 28.9 Å². The van der Waals surface area contributed by atoms with Crippen molar-refractivity contribution in [3.63, 3.8) is 0 Å². The Morgan fingerprint density at radius 3 is 3.05 bits per heavy atom. The Labute approximate surface area is 126 Å². The summed E-state index contributed by atoms with van der Waals surface area (Å²) in [4.78, 5) is 19.6. The minimum atomic E-state index is -0.177. The SMILES string of the molecule is Cc1ncc(NCc2cnc3c(c2)NC(=O)CO3)cc1Cl. The number of pyridine rings is 2. The Kier molecular flexibility index (Phi) is 3.62. The minimum Gasteiger partial charge on any atom is -0.466 e. The normalized spacial score (nSPS) is 13.1. The molecule has 2 N–H and O–H groups in total. The monoisotopic (exact) mass is 304 g/mol. The Hall–Kier alpha value is -2.34. The minimum absolute atomic E-state index is 0.00509. The molecule has 1 amide bonds. The van der Waals surface area contributed by atoms with Crippen LogP contribution in [0, 0.1) is 6.92 Å². The van der Waals surface area contributed by atoms with Crippen molar-refractivity contribution in [2.75, 3.05) is 17.2 Å². The summed E-state index contributed by atoms with van der Waals surface area (Å²) >= 11 is 6.03. The Morgan fingerprint density at radius 1 is 1.38 bits per heavy atom. The molecular formula is C14H13ClN4O2. The highest BCUT2D eigenvalue weighted by atomic mass is 35.5. The fourth-order valence-corrected chi connectivity index (χ4v) is 2.09. The van der Waals surface area contributed by atoms with Crippen LogP contribution in [0.15, 0.2) is 24.5 Å². The van der Waals surface area contributed by atoms with E-state index < -0.39 is 0 Å². The van der Waals surface area contributed by atoms with E-state index in [-0.39, 0.29) is 12.5 Å². The van der Waals surface area contributed by atoms with E-state index >= 15 is 0 Å². The molecule has 0 bridgehead atoms. The van der Waals surface area contributed by atoms with Crippen molar-refractivity contribution in [3.05, 3.63) is 40.8 Å². The average molecular weight is 305 g/mol. The molecule has 1 aliphatic rings. The molecule has 0 saturated carbocycles. The van der Waals surface area contributed by atoms with E-state index in [9.17, 15) is 4.79 Å². The number of fused-ring (bicyclic) bond motifs is 1. The van der Waals surface area contributed by atoms with Gasteiger partial charge in [-0.3, -0.25) is 9.78 Å². The summed E-state index contributed by atoms with van der Waals surface area (Å²) in [7, 11) is 0. The number of nitrogens with one attached hydrogen (secondary N) is 2. The molecule has 0 radical (unpaired) electrons. The van der Waals surface area contributed by atoms with Crippen molar-refractivity contribution < 1.29 is 9.53 Å². The fourth-order valence-electron chi connectivity index (χ4n) is 1.92. The van der Waals surface area contributed by atoms with Gasteiger partial charge in [-0.15, -0.1) is 0 Å². The van der Waals surface area contributed by atoms with Gasteiger partial charge < -0.3 is 15.4 Å². The van der Waals surface area contributed by atoms with Gasteiger partial charge in [-0.25, -0.2) is 4.98 Å². The molecule has 0 aromatic carbocycles. The number of carbonyl (C=O) groups is 1. The number of carbonyl (C=O) groups excluding carboxylic acids is 1. The summed E-state index contributed by atoms with van der Waals surface area (Å²) in [6.45, 7) is 2.39. The fraction of sp³-hybridized carbons (Fsp3) is 0.214. The maximum atomic E-state index is 11.3. The van der Waals surface area contributed by atoms with Gasteiger partial charge >= 0.3 is 0 Å². The number of amides is 1. The third kappa shape index (κ3) is 3.05. The van der Waals surface area contributed by atoms with E-state index in [1.807, 2.05) is 19.1 Å². The van der Waals surface area contributed by atoms with Gasteiger partial charge in [0.15, 0.2) is 6.61 Å². The van der Waals surface area contributed by atoms with Gasteiger partial charge in [-0.1, -0.05) is 11.6 Å². The lowest BCUT2D eigenvalue weighted by molar-refractivity contribution is -0.118. The van der Waals surface area contributed by atoms with Crippen LogP contribution >= 0.6 is 11.6 Å². The Morgan fingerprint density at radius 2 is 2.24 bits per heavy atom. The third-order valence-electron chi connectivity index (χ3n) is 3.04. The molecule has 0 atom stereocenters. The lowest BCUT2D eigenvalue weighted by atomic mass is 10.2. The molecule has 3 rings (SSSR count). The predicted molar refractivity (Wildman–Crippen MR) is 79.7 cm³/mol. The number of aromatic nitrogens is 2. The topological polar surface area (TPSA) is 76.1 Å². The van der Waals surface area contributed by atoms with Gasteiger partial charge in [0.1, 0.15) is 5.69 Å². The molecule has 21 heavy (non-hydrogen) atoms. The zero-order chi connectivity index (χ0) is 14.8. The molecule has 3 heterocycles. The molecule has 108 valence electrons. The van der Waals surface area contributed by atoms with Crippen LogP contribution in [0.3, 0.4) is 0 Å². The molecule has 0 spiro atoms. The molecule has 0 fully saturated rings. The maximum Gasteiger partial charge on any atom is 0.262 e. The van der Waals surface area contributed by atoms with Crippen molar-refractivity contribution in [1.29, 1.82) is 0 Å².